The van der Waals surface area contributed by atoms with Gasteiger partial charge in [-0.2, -0.15) is 11.8 Å². The number of amides is 1. The fourth-order valence-electron chi connectivity index (χ4n) is 2.60. The van der Waals surface area contributed by atoms with E-state index < -0.39 is 5.97 Å². The Balaban J connectivity index is 1.62. The minimum absolute atomic E-state index is 0.163. The number of ether oxygens (including phenoxy) is 1. The molecule has 0 fully saturated rings. The highest BCUT2D eigenvalue weighted by atomic mass is 32.2. The number of benzene rings is 2. The number of furan rings is 1. The summed E-state index contributed by atoms with van der Waals surface area (Å²) >= 11 is 1.59. The highest BCUT2D eigenvalue weighted by molar-refractivity contribution is 7.97. The van der Waals surface area contributed by atoms with Crippen molar-refractivity contribution in [2.75, 3.05) is 12.9 Å². The zero-order chi connectivity index (χ0) is 18.4. The standard InChI is InChI=1S/C20H19NO4S/c1-26-13-16-15-9-5-6-10-17(15)25-19(16)20(23)24-12-18(22)21-11-14-7-3-2-4-8-14/h2-10H,11-13H2,1H3,(H,21,22). The molecule has 3 rings (SSSR count). The number of hydrogen-bond donors (Lipinski definition) is 1. The van der Waals surface area contributed by atoms with Gasteiger partial charge in [-0.15, -0.1) is 0 Å². The minimum atomic E-state index is -0.625. The first kappa shape index (κ1) is 18.1. The molecule has 3 aromatic rings. The fourth-order valence-corrected chi connectivity index (χ4v) is 3.17. The van der Waals surface area contributed by atoms with Gasteiger partial charge in [-0.25, -0.2) is 4.79 Å². The molecule has 6 heteroatoms. The summed E-state index contributed by atoms with van der Waals surface area (Å²) in [6.07, 6.45) is 1.95. The normalized spacial score (nSPS) is 10.7. The Bertz CT molecular complexity index is 905. The summed E-state index contributed by atoms with van der Waals surface area (Å²) in [4.78, 5) is 24.3. The summed E-state index contributed by atoms with van der Waals surface area (Å²) < 4.78 is 10.8. The van der Waals surface area contributed by atoms with E-state index in [0.717, 1.165) is 16.5 Å². The molecule has 1 amide bonds. The Kier molecular flexibility index (Phi) is 5.96. The second-order valence-corrected chi connectivity index (χ2v) is 6.54. The summed E-state index contributed by atoms with van der Waals surface area (Å²) in [5, 5.41) is 3.61. The molecule has 0 aliphatic heterocycles. The second kappa shape index (κ2) is 8.58. The van der Waals surface area contributed by atoms with Gasteiger partial charge in [0.25, 0.3) is 5.91 Å². The first-order chi connectivity index (χ1) is 12.7. The van der Waals surface area contributed by atoms with E-state index in [4.69, 9.17) is 9.15 Å². The molecule has 0 unspecified atom stereocenters. The van der Waals surface area contributed by atoms with Gasteiger partial charge in [-0.3, -0.25) is 4.79 Å². The molecule has 1 N–H and O–H groups in total. The molecular weight excluding hydrogens is 350 g/mol. The lowest BCUT2D eigenvalue weighted by atomic mass is 10.1. The van der Waals surface area contributed by atoms with Crippen molar-refractivity contribution in [3.05, 3.63) is 71.5 Å². The largest absolute Gasteiger partial charge is 0.450 e. The van der Waals surface area contributed by atoms with Gasteiger partial charge in [0.1, 0.15) is 5.58 Å². The third-order valence-electron chi connectivity index (χ3n) is 3.84. The maximum atomic E-state index is 12.4. The molecule has 5 nitrogen and oxygen atoms in total. The van der Waals surface area contributed by atoms with Crippen molar-refractivity contribution >= 4 is 34.6 Å². The summed E-state index contributed by atoms with van der Waals surface area (Å²) in [6, 6.07) is 17.0. The van der Waals surface area contributed by atoms with Gasteiger partial charge in [0.15, 0.2) is 6.61 Å². The average Bonchev–Trinajstić information content (AvgIpc) is 3.04. The Morgan fingerprint density at radius 2 is 1.81 bits per heavy atom. The molecule has 1 aromatic heterocycles. The SMILES string of the molecule is CSCc1c(C(=O)OCC(=O)NCc2ccccc2)oc2ccccc12. The van der Waals surface area contributed by atoms with Crippen LogP contribution in [0, 0.1) is 0 Å². The summed E-state index contributed by atoms with van der Waals surface area (Å²) in [5.74, 6) is -0.192. The average molecular weight is 369 g/mol. The molecule has 0 aliphatic carbocycles. The van der Waals surface area contributed by atoms with E-state index in [-0.39, 0.29) is 18.3 Å². The molecule has 2 aromatic carbocycles. The van der Waals surface area contributed by atoms with Crippen molar-refractivity contribution in [1.82, 2.24) is 5.32 Å². The van der Waals surface area contributed by atoms with E-state index in [1.54, 1.807) is 11.8 Å². The molecule has 0 saturated heterocycles. The molecular formula is C20H19NO4S. The number of thioether (sulfide) groups is 1. The zero-order valence-electron chi connectivity index (χ0n) is 14.4. The van der Waals surface area contributed by atoms with Crippen molar-refractivity contribution in [1.29, 1.82) is 0 Å². The third kappa shape index (κ3) is 4.26. The van der Waals surface area contributed by atoms with Crippen LogP contribution in [0.4, 0.5) is 0 Å². The van der Waals surface area contributed by atoms with Gasteiger partial charge >= 0.3 is 5.97 Å². The molecule has 0 bridgehead atoms. The van der Waals surface area contributed by atoms with Gasteiger partial charge in [-0.1, -0.05) is 48.5 Å². The van der Waals surface area contributed by atoms with Crippen LogP contribution < -0.4 is 5.32 Å². The monoisotopic (exact) mass is 369 g/mol. The van der Waals surface area contributed by atoms with Gasteiger partial charge < -0.3 is 14.5 Å². The first-order valence-corrected chi connectivity index (χ1v) is 9.55. The van der Waals surface area contributed by atoms with Crippen LogP contribution in [0.25, 0.3) is 11.0 Å². The number of fused-ring (bicyclic) bond motifs is 1. The number of para-hydroxylation sites is 1. The number of nitrogens with one attached hydrogen (secondary N) is 1. The van der Waals surface area contributed by atoms with Gasteiger partial charge in [0.2, 0.25) is 5.76 Å². The molecule has 0 radical (unpaired) electrons. The van der Waals surface area contributed by atoms with E-state index in [1.165, 1.54) is 0 Å². The van der Waals surface area contributed by atoms with E-state index in [1.807, 2.05) is 60.9 Å². The molecule has 0 aliphatic rings. The Hall–Kier alpha value is -2.73. The van der Waals surface area contributed by atoms with E-state index in [2.05, 4.69) is 5.32 Å². The van der Waals surface area contributed by atoms with Crippen molar-refractivity contribution in [3.63, 3.8) is 0 Å². The highest BCUT2D eigenvalue weighted by Crippen LogP contribution is 2.29. The van der Waals surface area contributed by atoms with Crippen LogP contribution in [-0.2, 0) is 21.8 Å². The minimum Gasteiger partial charge on any atom is -0.450 e. The second-order valence-electron chi connectivity index (χ2n) is 5.68. The molecule has 1 heterocycles. The van der Waals surface area contributed by atoms with Crippen molar-refractivity contribution in [2.24, 2.45) is 0 Å². The predicted octanol–water partition coefficient (Wildman–Crippen LogP) is 3.77. The van der Waals surface area contributed by atoms with E-state index >= 15 is 0 Å². The van der Waals surface area contributed by atoms with Crippen LogP contribution >= 0.6 is 11.8 Å². The Morgan fingerprint density at radius 3 is 2.58 bits per heavy atom. The number of carbonyl (C=O) groups is 2. The summed E-state index contributed by atoms with van der Waals surface area (Å²) in [6.45, 7) is 0.0427. The van der Waals surface area contributed by atoms with Crippen LogP contribution in [-0.4, -0.2) is 24.7 Å². The molecule has 26 heavy (non-hydrogen) atoms. The highest BCUT2D eigenvalue weighted by Gasteiger charge is 2.22. The molecule has 0 spiro atoms. The van der Waals surface area contributed by atoms with Crippen molar-refractivity contribution < 1.29 is 18.7 Å². The number of carbonyl (C=O) groups excluding carboxylic acids is 2. The van der Waals surface area contributed by atoms with Crippen molar-refractivity contribution in [3.8, 4) is 0 Å². The van der Waals surface area contributed by atoms with Gasteiger partial charge in [-0.05, 0) is 17.9 Å². The summed E-state index contributed by atoms with van der Waals surface area (Å²) in [7, 11) is 0. The smallest absolute Gasteiger partial charge is 0.375 e. The topological polar surface area (TPSA) is 68.5 Å². The van der Waals surface area contributed by atoms with Crippen LogP contribution in [0.1, 0.15) is 21.7 Å². The first-order valence-electron chi connectivity index (χ1n) is 8.16. The molecule has 134 valence electrons. The maximum absolute atomic E-state index is 12.4. The van der Waals surface area contributed by atoms with Crippen molar-refractivity contribution in [2.45, 2.75) is 12.3 Å². The zero-order valence-corrected chi connectivity index (χ0v) is 15.2. The quantitative estimate of drug-likeness (QED) is 0.642. The lowest BCUT2D eigenvalue weighted by molar-refractivity contribution is -0.124. The Morgan fingerprint density at radius 1 is 1.08 bits per heavy atom. The fraction of sp³-hybridized carbons (Fsp3) is 0.200. The van der Waals surface area contributed by atoms with Crippen LogP contribution in [0.15, 0.2) is 59.0 Å². The lowest BCUT2D eigenvalue weighted by Gasteiger charge is -2.06. The van der Waals surface area contributed by atoms with Gasteiger partial charge in [0, 0.05) is 23.2 Å². The van der Waals surface area contributed by atoms with Crippen LogP contribution in [0.5, 0.6) is 0 Å². The number of esters is 1. The van der Waals surface area contributed by atoms with Crippen LogP contribution in [0.3, 0.4) is 0 Å². The van der Waals surface area contributed by atoms with Gasteiger partial charge in [0.05, 0.1) is 0 Å². The Labute approximate surface area is 155 Å². The van der Waals surface area contributed by atoms with Crippen LogP contribution in [0.2, 0.25) is 0 Å². The third-order valence-corrected chi connectivity index (χ3v) is 4.42. The summed E-state index contributed by atoms with van der Waals surface area (Å²) in [5.41, 5.74) is 2.41. The predicted molar refractivity (Wildman–Crippen MR) is 102 cm³/mol. The molecule has 0 saturated carbocycles. The number of rotatable bonds is 7. The molecule has 0 atom stereocenters. The lowest BCUT2D eigenvalue weighted by Crippen LogP contribution is -2.28. The number of hydrogen-bond acceptors (Lipinski definition) is 5. The van der Waals surface area contributed by atoms with E-state index in [9.17, 15) is 9.59 Å². The van der Waals surface area contributed by atoms with E-state index in [0.29, 0.717) is 17.9 Å². The maximum Gasteiger partial charge on any atom is 0.375 e.